The van der Waals surface area contributed by atoms with Gasteiger partial charge in [-0.05, 0) is 55.5 Å². The van der Waals surface area contributed by atoms with E-state index >= 15 is 0 Å². The van der Waals surface area contributed by atoms with E-state index in [1.807, 2.05) is 12.1 Å². The summed E-state index contributed by atoms with van der Waals surface area (Å²) in [5, 5.41) is 1.97. The molecule has 4 aromatic rings. The lowest BCUT2D eigenvalue weighted by molar-refractivity contribution is 0.416. The van der Waals surface area contributed by atoms with E-state index in [0.29, 0.717) is 17.1 Å². The average molecular weight is 384 g/mol. The molecule has 27 heavy (non-hydrogen) atoms. The average Bonchev–Trinajstić information content (AvgIpc) is 3.23. The quantitative estimate of drug-likeness (QED) is 0.474. The minimum atomic E-state index is -0.302. The third-order valence-electron chi connectivity index (χ3n) is 5.44. The zero-order valence-electron chi connectivity index (χ0n) is 15.0. The fourth-order valence-electron chi connectivity index (χ4n) is 4.14. The minimum absolute atomic E-state index is 0.259. The lowest BCUT2D eigenvalue weighted by atomic mass is 10.0. The summed E-state index contributed by atoms with van der Waals surface area (Å²) in [6, 6.07) is 13.5. The Labute approximate surface area is 161 Å². The normalized spacial score (nSPS) is 16.8. The monoisotopic (exact) mass is 383 g/mol. The van der Waals surface area contributed by atoms with Crippen LogP contribution in [0.1, 0.15) is 19.0 Å². The second kappa shape index (κ2) is 6.27. The Morgan fingerprint density at radius 1 is 1.26 bits per heavy atom. The molecule has 5 rings (SSSR count). The molecule has 0 fully saturated rings. The summed E-state index contributed by atoms with van der Waals surface area (Å²) in [7, 11) is 0. The fraction of sp³-hybridized carbons (Fsp3) is 0.286. The molecule has 1 aliphatic rings. The molecule has 0 spiro atoms. The lowest BCUT2D eigenvalue weighted by Crippen LogP contribution is -2.41. The van der Waals surface area contributed by atoms with Crippen LogP contribution in [0.25, 0.3) is 22.0 Å². The predicted octanol–water partition coefficient (Wildman–Crippen LogP) is 5.42. The van der Waals surface area contributed by atoms with Crippen molar-refractivity contribution in [2.45, 2.75) is 32.4 Å². The van der Waals surface area contributed by atoms with Crippen molar-refractivity contribution in [1.82, 2.24) is 9.55 Å². The summed E-state index contributed by atoms with van der Waals surface area (Å²) >= 11 is 6.22. The summed E-state index contributed by atoms with van der Waals surface area (Å²) in [6.45, 7) is 3.71. The first-order valence-electron chi connectivity index (χ1n) is 9.23. The van der Waals surface area contributed by atoms with E-state index in [0.717, 1.165) is 36.5 Å². The molecule has 6 heteroatoms. The Kier molecular flexibility index (Phi) is 3.86. The molecule has 0 bridgehead atoms. The number of likely N-dealkylation sites (N-methyl/N-ethyl adjacent to an activating group) is 1. The third-order valence-corrected chi connectivity index (χ3v) is 5.68. The van der Waals surface area contributed by atoms with E-state index in [4.69, 9.17) is 16.0 Å². The molecule has 0 radical (unpaired) electrons. The molecule has 1 unspecified atom stereocenters. The Morgan fingerprint density at radius 2 is 2.15 bits per heavy atom. The molecule has 2 aromatic carbocycles. The van der Waals surface area contributed by atoms with Crippen molar-refractivity contribution >= 4 is 39.6 Å². The number of hydrogen-bond acceptors (Lipinski definition) is 3. The number of benzene rings is 2. The van der Waals surface area contributed by atoms with E-state index in [1.165, 1.54) is 23.2 Å². The zero-order valence-corrected chi connectivity index (χ0v) is 15.7. The van der Waals surface area contributed by atoms with Crippen molar-refractivity contribution in [2.24, 2.45) is 0 Å². The van der Waals surface area contributed by atoms with Crippen molar-refractivity contribution in [3.8, 4) is 0 Å². The maximum atomic E-state index is 13.5. The van der Waals surface area contributed by atoms with Crippen LogP contribution in [0.4, 0.5) is 10.4 Å². The SMILES string of the molecule is CCN(c1nc2cc(F)ccc2o1)C1CCc2cc3ccc(Cl)cc3n2C1. The molecule has 2 aromatic heterocycles. The number of aromatic nitrogens is 2. The molecule has 0 saturated heterocycles. The first kappa shape index (κ1) is 16.6. The Bertz CT molecular complexity index is 1150. The maximum Gasteiger partial charge on any atom is 0.298 e. The van der Waals surface area contributed by atoms with Crippen LogP contribution < -0.4 is 4.90 Å². The van der Waals surface area contributed by atoms with Gasteiger partial charge in [0.05, 0.1) is 6.04 Å². The summed E-state index contributed by atoms with van der Waals surface area (Å²) < 4.78 is 21.8. The topological polar surface area (TPSA) is 34.2 Å². The van der Waals surface area contributed by atoms with Crippen molar-refractivity contribution in [3.05, 3.63) is 59.0 Å². The molecular weight excluding hydrogens is 365 g/mol. The van der Waals surface area contributed by atoms with E-state index in [-0.39, 0.29) is 11.9 Å². The molecule has 0 aliphatic carbocycles. The summed E-state index contributed by atoms with van der Waals surface area (Å²) in [5.41, 5.74) is 3.66. The predicted molar refractivity (Wildman–Crippen MR) is 106 cm³/mol. The Hall–Kier alpha value is -2.53. The van der Waals surface area contributed by atoms with Gasteiger partial charge in [0.2, 0.25) is 0 Å². The van der Waals surface area contributed by atoms with Crippen LogP contribution in [-0.4, -0.2) is 22.1 Å². The third kappa shape index (κ3) is 2.77. The first-order valence-corrected chi connectivity index (χ1v) is 9.60. The van der Waals surface area contributed by atoms with Crippen LogP contribution in [0, 0.1) is 5.82 Å². The fourth-order valence-corrected chi connectivity index (χ4v) is 4.31. The second-order valence-electron chi connectivity index (χ2n) is 7.04. The second-order valence-corrected chi connectivity index (χ2v) is 7.47. The number of hydrogen-bond donors (Lipinski definition) is 0. The molecule has 0 amide bonds. The first-order chi connectivity index (χ1) is 13.1. The van der Waals surface area contributed by atoms with Crippen LogP contribution in [0.3, 0.4) is 0 Å². The highest BCUT2D eigenvalue weighted by atomic mass is 35.5. The highest BCUT2D eigenvalue weighted by Crippen LogP contribution is 2.31. The van der Waals surface area contributed by atoms with Crippen molar-refractivity contribution in [3.63, 3.8) is 0 Å². The standard InChI is InChI=1S/C21H19ClFN3O/c1-2-25(21-24-18-11-15(23)5-8-20(18)27-21)17-7-6-16-9-13-3-4-14(22)10-19(13)26(16)12-17/h3-5,8-11,17H,2,6-7,12H2,1H3. The Balaban J connectivity index is 1.51. The molecule has 0 N–H and O–H groups in total. The maximum absolute atomic E-state index is 13.5. The largest absolute Gasteiger partial charge is 0.423 e. The van der Waals surface area contributed by atoms with Gasteiger partial charge in [0.1, 0.15) is 11.3 Å². The van der Waals surface area contributed by atoms with Gasteiger partial charge in [0, 0.05) is 35.4 Å². The van der Waals surface area contributed by atoms with E-state index in [1.54, 1.807) is 6.07 Å². The van der Waals surface area contributed by atoms with Crippen molar-refractivity contribution in [1.29, 1.82) is 0 Å². The molecule has 138 valence electrons. The van der Waals surface area contributed by atoms with Gasteiger partial charge in [-0.1, -0.05) is 17.7 Å². The number of anilines is 1. The van der Waals surface area contributed by atoms with Crippen molar-refractivity contribution in [2.75, 3.05) is 11.4 Å². The molecule has 1 atom stereocenters. The number of fused-ring (bicyclic) bond motifs is 4. The molecule has 0 saturated carbocycles. The Morgan fingerprint density at radius 3 is 3.00 bits per heavy atom. The van der Waals surface area contributed by atoms with Gasteiger partial charge in [-0.2, -0.15) is 4.98 Å². The highest BCUT2D eigenvalue weighted by molar-refractivity contribution is 6.31. The molecule has 4 nitrogen and oxygen atoms in total. The number of oxazole rings is 1. The van der Waals surface area contributed by atoms with Gasteiger partial charge in [-0.3, -0.25) is 0 Å². The van der Waals surface area contributed by atoms with Gasteiger partial charge in [-0.15, -0.1) is 0 Å². The van der Waals surface area contributed by atoms with Crippen LogP contribution in [-0.2, 0) is 13.0 Å². The smallest absolute Gasteiger partial charge is 0.298 e. The van der Waals surface area contributed by atoms with E-state index in [9.17, 15) is 4.39 Å². The van der Waals surface area contributed by atoms with Crippen LogP contribution >= 0.6 is 11.6 Å². The summed E-state index contributed by atoms with van der Waals surface area (Å²) in [5.74, 6) is -0.302. The number of halogens is 2. The lowest BCUT2D eigenvalue weighted by Gasteiger charge is -2.33. The molecular formula is C21H19ClFN3O. The van der Waals surface area contributed by atoms with Gasteiger partial charge in [-0.25, -0.2) is 4.39 Å². The van der Waals surface area contributed by atoms with E-state index in [2.05, 4.69) is 33.5 Å². The van der Waals surface area contributed by atoms with Gasteiger partial charge in [0.15, 0.2) is 5.58 Å². The van der Waals surface area contributed by atoms with Gasteiger partial charge >= 0.3 is 0 Å². The van der Waals surface area contributed by atoms with Crippen LogP contribution in [0.2, 0.25) is 5.02 Å². The molecule has 1 aliphatic heterocycles. The zero-order chi connectivity index (χ0) is 18.5. The highest BCUT2D eigenvalue weighted by Gasteiger charge is 2.27. The minimum Gasteiger partial charge on any atom is -0.423 e. The number of aryl methyl sites for hydroxylation is 1. The number of nitrogens with zero attached hydrogens (tertiary/aromatic N) is 3. The molecule has 3 heterocycles. The van der Waals surface area contributed by atoms with Crippen LogP contribution in [0.5, 0.6) is 0 Å². The van der Waals surface area contributed by atoms with E-state index < -0.39 is 0 Å². The van der Waals surface area contributed by atoms with Gasteiger partial charge < -0.3 is 13.9 Å². The summed E-state index contributed by atoms with van der Waals surface area (Å²) in [6.07, 6.45) is 2.01. The number of rotatable bonds is 3. The van der Waals surface area contributed by atoms with Crippen molar-refractivity contribution < 1.29 is 8.81 Å². The van der Waals surface area contributed by atoms with Gasteiger partial charge in [0.25, 0.3) is 6.01 Å². The summed E-state index contributed by atoms with van der Waals surface area (Å²) in [4.78, 5) is 6.71. The van der Waals surface area contributed by atoms with Crippen LogP contribution in [0.15, 0.2) is 46.9 Å².